The molecule has 1 saturated heterocycles. The first-order valence-electron chi connectivity index (χ1n) is 15.9. The summed E-state index contributed by atoms with van der Waals surface area (Å²) in [5.74, 6) is -0.356. The number of aryl methyl sites for hydroxylation is 1. The van der Waals surface area contributed by atoms with Gasteiger partial charge in [0.2, 0.25) is 9.84 Å². The Labute approximate surface area is 280 Å². The van der Waals surface area contributed by atoms with E-state index in [4.69, 9.17) is 10.5 Å². The van der Waals surface area contributed by atoms with Gasteiger partial charge in [0, 0.05) is 55.1 Å². The average Bonchev–Trinajstić information content (AvgIpc) is 3.10. The number of piperazine rings is 1. The summed E-state index contributed by atoms with van der Waals surface area (Å²) in [6.45, 7) is 5.62. The molecule has 252 valence electrons. The number of hydrogen-bond acceptors (Lipinski definition) is 10. The molecule has 12 nitrogen and oxygen atoms in total. The van der Waals surface area contributed by atoms with Crippen molar-refractivity contribution in [2.75, 3.05) is 51.7 Å². The lowest BCUT2D eigenvalue weighted by atomic mass is 10.1. The lowest BCUT2D eigenvalue weighted by Crippen LogP contribution is -2.48. The highest BCUT2D eigenvalue weighted by atomic mass is 32.2. The van der Waals surface area contributed by atoms with Gasteiger partial charge in [0.25, 0.3) is 11.8 Å². The van der Waals surface area contributed by atoms with Crippen LogP contribution in [0.5, 0.6) is 5.75 Å². The Bertz CT molecular complexity index is 1920. The van der Waals surface area contributed by atoms with Crippen LogP contribution in [-0.2, 0) is 9.84 Å². The van der Waals surface area contributed by atoms with Crippen LogP contribution < -0.4 is 15.8 Å². The zero-order valence-corrected chi connectivity index (χ0v) is 28.0. The smallest absolute Gasteiger partial charge is 0.253 e. The molecule has 1 aromatic heterocycles. The fourth-order valence-corrected chi connectivity index (χ4v) is 7.34. The monoisotopic (exact) mass is 672 g/mol. The molecule has 3 aromatic carbocycles. The van der Waals surface area contributed by atoms with Crippen molar-refractivity contribution in [1.82, 2.24) is 14.8 Å². The Morgan fingerprint density at radius 3 is 2.44 bits per heavy atom. The molecule has 0 aliphatic carbocycles. The van der Waals surface area contributed by atoms with E-state index in [0.29, 0.717) is 58.8 Å². The quantitative estimate of drug-likeness (QED) is 0.133. The van der Waals surface area contributed by atoms with E-state index in [1.165, 1.54) is 30.5 Å². The van der Waals surface area contributed by atoms with Crippen LogP contribution >= 0.6 is 0 Å². The molecule has 1 fully saturated rings. The van der Waals surface area contributed by atoms with Crippen molar-refractivity contribution in [1.29, 1.82) is 0 Å². The van der Waals surface area contributed by atoms with Crippen molar-refractivity contribution < 1.29 is 22.7 Å². The van der Waals surface area contributed by atoms with E-state index in [0.717, 1.165) is 45.3 Å². The molecular weight excluding hydrogens is 632 g/mol. The van der Waals surface area contributed by atoms with Crippen molar-refractivity contribution in [3.05, 3.63) is 88.5 Å². The normalized spacial score (nSPS) is 13.8. The topological polar surface area (TPSA) is 164 Å². The number of carbonyl (C=O) groups excluding carboxylic acids is 2. The van der Waals surface area contributed by atoms with Gasteiger partial charge in [-0.05, 0) is 74.3 Å². The first-order valence-corrected chi connectivity index (χ1v) is 17.4. The van der Waals surface area contributed by atoms with E-state index < -0.39 is 15.7 Å². The maximum atomic E-state index is 14.1. The number of benzene rings is 3. The molecular formula is C35H40N6O6S. The highest BCUT2D eigenvalue weighted by molar-refractivity contribution is 7.91. The third-order valence-corrected chi connectivity index (χ3v) is 10.3. The van der Waals surface area contributed by atoms with Crippen molar-refractivity contribution in [3.8, 4) is 5.75 Å². The van der Waals surface area contributed by atoms with Crippen LogP contribution in [0.4, 0.5) is 11.4 Å². The van der Waals surface area contributed by atoms with Crippen LogP contribution in [0.3, 0.4) is 0 Å². The largest absolute Gasteiger partial charge is 0.497 e. The first kappa shape index (κ1) is 34.5. The number of nitrogens with one attached hydrogen (secondary N) is 1. The van der Waals surface area contributed by atoms with Crippen LogP contribution in [0, 0.1) is 11.8 Å². The molecule has 0 bridgehead atoms. The zero-order valence-electron chi connectivity index (χ0n) is 27.1. The van der Waals surface area contributed by atoms with Gasteiger partial charge in [0.05, 0.1) is 40.2 Å². The molecule has 5 rings (SSSR count). The molecule has 1 aliphatic heterocycles. The summed E-state index contributed by atoms with van der Waals surface area (Å²) in [7, 11) is -2.55. The Kier molecular flexibility index (Phi) is 11.0. The van der Waals surface area contributed by atoms with Gasteiger partial charge in [-0.3, -0.25) is 19.5 Å². The Morgan fingerprint density at radius 1 is 0.958 bits per heavy atom. The van der Waals surface area contributed by atoms with E-state index >= 15 is 0 Å². The predicted molar refractivity (Wildman–Crippen MR) is 185 cm³/mol. The minimum absolute atomic E-state index is 0.00903. The lowest BCUT2D eigenvalue weighted by Gasteiger charge is -2.34. The van der Waals surface area contributed by atoms with Crippen LogP contribution in [0.15, 0.2) is 81.8 Å². The molecule has 2 heterocycles. The van der Waals surface area contributed by atoms with Crippen molar-refractivity contribution in [2.24, 2.45) is 10.9 Å². The maximum Gasteiger partial charge on any atom is 0.253 e. The number of nitrogens with two attached hydrogens (primary N) is 1. The second-order valence-electron chi connectivity index (χ2n) is 11.8. The third kappa shape index (κ3) is 7.80. The summed E-state index contributed by atoms with van der Waals surface area (Å²) < 4.78 is 33.5. The van der Waals surface area contributed by atoms with Crippen LogP contribution in [0.25, 0.3) is 10.9 Å². The van der Waals surface area contributed by atoms with Gasteiger partial charge in [-0.1, -0.05) is 30.2 Å². The number of amides is 2. The maximum absolute atomic E-state index is 14.1. The number of pyridine rings is 1. The fourth-order valence-electron chi connectivity index (χ4n) is 5.92. The molecule has 0 radical (unpaired) electrons. The van der Waals surface area contributed by atoms with Crippen molar-refractivity contribution in [2.45, 2.75) is 42.4 Å². The third-order valence-electron chi connectivity index (χ3n) is 8.57. The van der Waals surface area contributed by atoms with Crippen molar-refractivity contribution >= 4 is 43.9 Å². The lowest BCUT2D eigenvalue weighted by molar-refractivity contribution is 0.0634. The number of carbonyl (C=O) groups is 2. The average molecular weight is 673 g/mol. The Morgan fingerprint density at radius 2 is 1.71 bits per heavy atom. The number of aromatic nitrogens is 1. The molecule has 0 atom stereocenters. The van der Waals surface area contributed by atoms with Gasteiger partial charge in [-0.15, -0.1) is 0 Å². The van der Waals surface area contributed by atoms with Crippen molar-refractivity contribution in [3.63, 3.8) is 0 Å². The van der Waals surface area contributed by atoms with Crippen LogP contribution in [0.1, 0.15) is 52.0 Å². The minimum Gasteiger partial charge on any atom is -0.497 e. The number of nitroso groups, excluding NO2 is 1. The van der Waals surface area contributed by atoms with Gasteiger partial charge in [-0.2, -0.15) is 4.91 Å². The van der Waals surface area contributed by atoms with E-state index in [-0.39, 0.29) is 21.3 Å². The number of fused-ring (bicyclic) bond motifs is 1. The number of methoxy groups -OCH3 is 1. The molecule has 0 saturated carbocycles. The fraction of sp³-hybridized carbons (Fsp3) is 0.343. The number of nitrogens with zero attached hydrogens (tertiary/aromatic N) is 4. The standard InChI is InChI=1S/C35H40N6O6S/c1-24-19-29(22-30-32(24)37-23-31(34(36)42)33(30)39-26-10-8-11-27(21-26)47-2)48(45,46)28-12-7-9-25(20-28)35(43)41-17-15-40(16-18-41)14-6-4-3-5-13-38-44/h7-12,19-23H,3-6,13-18H2,1-2H3,(H2,36,42)(H,37,39). The zero-order chi connectivity index (χ0) is 34.3. The summed E-state index contributed by atoms with van der Waals surface area (Å²) in [4.78, 5) is 44.7. The summed E-state index contributed by atoms with van der Waals surface area (Å²) >= 11 is 0. The van der Waals surface area contributed by atoms with E-state index in [9.17, 15) is 22.9 Å². The number of rotatable bonds is 14. The van der Waals surface area contributed by atoms with Crippen LogP contribution in [-0.4, -0.2) is 81.4 Å². The highest BCUT2D eigenvalue weighted by Crippen LogP contribution is 2.35. The number of unbranched alkanes of at least 4 members (excludes halogenated alkanes) is 3. The molecule has 1 aliphatic rings. The summed E-state index contributed by atoms with van der Waals surface area (Å²) in [6.07, 6.45) is 5.24. The highest BCUT2D eigenvalue weighted by Gasteiger charge is 2.26. The molecule has 4 aromatic rings. The summed E-state index contributed by atoms with van der Waals surface area (Å²) in [5.41, 5.74) is 8.11. The van der Waals surface area contributed by atoms with Crippen LogP contribution in [0.2, 0.25) is 0 Å². The number of ether oxygens (including phenoxy) is 1. The minimum atomic E-state index is -4.09. The number of anilines is 2. The summed E-state index contributed by atoms with van der Waals surface area (Å²) in [6, 6.07) is 16.2. The molecule has 0 spiro atoms. The SMILES string of the molecule is COc1cccc(Nc2c(C(N)=O)cnc3c(C)cc(S(=O)(=O)c4cccc(C(=O)N5CCN(CCCCCCN=O)CC5)c4)cc23)c1. The second kappa shape index (κ2) is 15.3. The molecule has 0 unspecified atom stereocenters. The van der Waals surface area contributed by atoms with E-state index in [1.54, 1.807) is 55.3 Å². The number of primary amides is 1. The Balaban J connectivity index is 1.38. The molecule has 3 N–H and O–H groups in total. The second-order valence-corrected chi connectivity index (χ2v) is 13.8. The van der Waals surface area contributed by atoms with Gasteiger partial charge < -0.3 is 20.7 Å². The first-order chi connectivity index (χ1) is 23.1. The van der Waals surface area contributed by atoms with Gasteiger partial charge >= 0.3 is 0 Å². The van der Waals surface area contributed by atoms with E-state index in [1.807, 2.05) is 0 Å². The Hall–Kier alpha value is -4.88. The molecule has 48 heavy (non-hydrogen) atoms. The van der Waals surface area contributed by atoms with Gasteiger partial charge in [0.1, 0.15) is 5.75 Å². The predicted octanol–water partition coefficient (Wildman–Crippen LogP) is 5.31. The number of hydrogen-bond donors (Lipinski definition) is 2. The molecule has 2 amide bonds. The van der Waals surface area contributed by atoms with E-state index in [2.05, 4.69) is 20.4 Å². The molecule has 13 heteroatoms. The summed E-state index contributed by atoms with van der Waals surface area (Å²) in [5, 5.41) is 6.51. The van der Waals surface area contributed by atoms with Gasteiger partial charge in [-0.25, -0.2) is 8.42 Å². The van der Waals surface area contributed by atoms with Gasteiger partial charge in [0.15, 0.2) is 0 Å². The number of sulfone groups is 1.